The Morgan fingerprint density at radius 2 is 2.17 bits per heavy atom. The number of anilines is 1. The SMILES string of the molecule is Cc1ncsc1CN(C)C(=O)c1cnc(N)cn1. The number of aromatic nitrogens is 3. The van der Waals surface area contributed by atoms with Gasteiger partial charge in [-0.15, -0.1) is 11.3 Å². The predicted octanol–water partition coefficient (Wildman–Crippen LogP) is 1.10. The summed E-state index contributed by atoms with van der Waals surface area (Å²) in [6, 6.07) is 0. The van der Waals surface area contributed by atoms with Crippen molar-refractivity contribution in [3.05, 3.63) is 34.2 Å². The molecule has 0 aliphatic carbocycles. The summed E-state index contributed by atoms with van der Waals surface area (Å²) in [7, 11) is 1.72. The number of hydrogen-bond donors (Lipinski definition) is 1. The average Bonchev–Trinajstić information content (AvgIpc) is 2.75. The van der Waals surface area contributed by atoms with Crippen molar-refractivity contribution in [2.45, 2.75) is 13.5 Å². The lowest BCUT2D eigenvalue weighted by atomic mass is 10.3. The van der Waals surface area contributed by atoms with Gasteiger partial charge in [0.1, 0.15) is 11.5 Å². The van der Waals surface area contributed by atoms with Crippen LogP contribution in [0.4, 0.5) is 5.82 Å². The molecule has 0 radical (unpaired) electrons. The van der Waals surface area contributed by atoms with Crippen LogP contribution >= 0.6 is 11.3 Å². The van der Waals surface area contributed by atoms with Crippen LogP contribution in [0.5, 0.6) is 0 Å². The first-order valence-electron chi connectivity index (χ1n) is 5.30. The van der Waals surface area contributed by atoms with Crippen LogP contribution in [0.15, 0.2) is 17.9 Å². The van der Waals surface area contributed by atoms with E-state index >= 15 is 0 Å². The smallest absolute Gasteiger partial charge is 0.274 e. The summed E-state index contributed by atoms with van der Waals surface area (Å²) in [5.74, 6) is 0.114. The number of thiazole rings is 1. The van der Waals surface area contributed by atoms with Gasteiger partial charge in [0.15, 0.2) is 0 Å². The summed E-state index contributed by atoms with van der Waals surface area (Å²) in [4.78, 5) is 26.7. The van der Waals surface area contributed by atoms with Crippen molar-refractivity contribution < 1.29 is 4.79 Å². The van der Waals surface area contributed by atoms with Gasteiger partial charge in [-0.05, 0) is 6.92 Å². The zero-order chi connectivity index (χ0) is 13.1. The normalized spacial score (nSPS) is 10.3. The molecule has 0 aliphatic rings. The Morgan fingerprint density at radius 3 is 2.72 bits per heavy atom. The molecule has 0 aliphatic heterocycles. The third-order valence-corrected chi connectivity index (χ3v) is 3.38. The second kappa shape index (κ2) is 5.09. The van der Waals surface area contributed by atoms with Crippen LogP contribution in [0.3, 0.4) is 0 Å². The van der Waals surface area contributed by atoms with E-state index in [-0.39, 0.29) is 11.6 Å². The fourth-order valence-corrected chi connectivity index (χ4v) is 2.24. The van der Waals surface area contributed by atoms with Gasteiger partial charge in [0.25, 0.3) is 5.91 Å². The van der Waals surface area contributed by atoms with E-state index in [1.54, 1.807) is 17.5 Å². The van der Waals surface area contributed by atoms with Crippen molar-refractivity contribution in [1.82, 2.24) is 19.9 Å². The molecule has 0 unspecified atom stereocenters. The molecule has 6 nitrogen and oxygen atoms in total. The van der Waals surface area contributed by atoms with Gasteiger partial charge in [-0.25, -0.2) is 15.0 Å². The van der Waals surface area contributed by atoms with Crippen molar-refractivity contribution in [2.24, 2.45) is 0 Å². The van der Waals surface area contributed by atoms with Gasteiger partial charge < -0.3 is 10.6 Å². The minimum absolute atomic E-state index is 0.185. The van der Waals surface area contributed by atoms with Crippen LogP contribution in [0.2, 0.25) is 0 Å². The molecule has 2 aromatic rings. The maximum absolute atomic E-state index is 12.1. The van der Waals surface area contributed by atoms with Crippen LogP contribution < -0.4 is 5.73 Å². The molecule has 0 atom stereocenters. The van der Waals surface area contributed by atoms with Crippen LogP contribution in [0.1, 0.15) is 21.1 Å². The molecule has 1 amide bonds. The summed E-state index contributed by atoms with van der Waals surface area (Å²) in [6.07, 6.45) is 2.76. The lowest BCUT2D eigenvalue weighted by Crippen LogP contribution is -2.27. The quantitative estimate of drug-likeness (QED) is 0.896. The molecule has 2 N–H and O–H groups in total. The maximum Gasteiger partial charge on any atom is 0.274 e. The summed E-state index contributed by atoms with van der Waals surface area (Å²) in [6.45, 7) is 2.44. The molecule has 0 saturated carbocycles. The molecule has 18 heavy (non-hydrogen) atoms. The third-order valence-electron chi connectivity index (χ3n) is 2.46. The Bertz CT molecular complexity index is 551. The molecule has 0 spiro atoms. The minimum atomic E-state index is -0.185. The van der Waals surface area contributed by atoms with Crippen molar-refractivity contribution in [3.63, 3.8) is 0 Å². The summed E-state index contributed by atoms with van der Waals surface area (Å²) in [5, 5.41) is 0. The largest absolute Gasteiger partial charge is 0.382 e. The van der Waals surface area contributed by atoms with Gasteiger partial charge in [0.2, 0.25) is 0 Å². The summed E-state index contributed by atoms with van der Waals surface area (Å²) >= 11 is 1.53. The Morgan fingerprint density at radius 1 is 1.39 bits per heavy atom. The highest BCUT2D eigenvalue weighted by Crippen LogP contribution is 2.15. The lowest BCUT2D eigenvalue weighted by Gasteiger charge is -2.15. The van der Waals surface area contributed by atoms with Crippen LogP contribution in [0.25, 0.3) is 0 Å². The van der Waals surface area contributed by atoms with E-state index in [2.05, 4.69) is 15.0 Å². The molecular formula is C11H13N5OS. The van der Waals surface area contributed by atoms with Crippen molar-refractivity contribution in [1.29, 1.82) is 0 Å². The Balaban J connectivity index is 2.09. The van der Waals surface area contributed by atoms with Crippen molar-refractivity contribution >= 4 is 23.1 Å². The minimum Gasteiger partial charge on any atom is -0.382 e. The Kier molecular flexibility index (Phi) is 3.52. The molecule has 0 saturated heterocycles. The molecular weight excluding hydrogens is 250 g/mol. The van der Waals surface area contributed by atoms with E-state index in [1.807, 2.05) is 6.92 Å². The molecule has 2 heterocycles. The number of nitrogen functional groups attached to an aromatic ring is 1. The number of carbonyl (C=O) groups excluding carboxylic acids is 1. The van der Waals surface area contributed by atoms with Gasteiger partial charge in [0, 0.05) is 11.9 Å². The highest BCUT2D eigenvalue weighted by molar-refractivity contribution is 7.09. The van der Waals surface area contributed by atoms with E-state index in [1.165, 1.54) is 23.7 Å². The summed E-state index contributed by atoms with van der Waals surface area (Å²) < 4.78 is 0. The zero-order valence-corrected chi connectivity index (χ0v) is 10.9. The Hall–Kier alpha value is -2.02. The monoisotopic (exact) mass is 263 g/mol. The van der Waals surface area contributed by atoms with Crippen molar-refractivity contribution in [2.75, 3.05) is 12.8 Å². The van der Waals surface area contributed by atoms with E-state index in [9.17, 15) is 4.79 Å². The molecule has 7 heteroatoms. The maximum atomic E-state index is 12.1. The van der Waals surface area contributed by atoms with E-state index in [4.69, 9.17) is 5.73 Å². The van der Waals surface area contributed by atoms with Crippen LogP contribution in [-0.2, 0) is 6.54 Å². The predicted molar refractivity (Wildman–Crippen MR) is 69.1 cm³/mol. The van der Waals surface area contributed by atoms with Gasteiger partial charge >= 0.3 is 0 Å². The van der Waals surface area contributed by atoms with Crippen LogP contribution in [0, 0.1) is 6.92 Å². The molecule has 2 aromatic heterocycles. The van der Waals surface area contributed by atoms with Gasteiger partial charge in [-0.2, -0.15) is 0 Å². The Labute approximate surface area is 109 Å². The topological polar surface area (TPSA) is 85.0 Å². The number of carbonyl (C=O) groups is 1. The van der Waals surface area contributed by atoms with E-state index in [0.717, 1.165) is 10.6 Å². The first-order valence-corrected chi connectivity index (χ1v) is 6.18. The number of amides is 1. The van der Waals surface area contributed by atoms with Gasteiger partial charge in [-0.1, -0.05) is 0 Å². The first-order chi connectivity index (χ1) is 8.58. The number of nitrogens with two attached hydrogens (primary N) is 1. The second-order valence-electron chi connectivity index (χ2n) is 3.85. The van der Waals surface area contributed by atoms with Gasteiger partial charge in [-0.3, -0.25) is 4.79 Å². The highest BCUT2D eigenvalue weighted by atomic mass is 32.1. The average molecular weight is 263 g/mol. The molecule has 94 valence electrons. The third kappa shape index (κ3) is 2.62. The molecule has 0 fully saturated rings. The number of aryl methyl sites for hydroxylation is 1. The van der Waals surface area contributed by atoms with E-state index < -0.39 is 0 Å². The van der Waals surface area contributed by atoms with Crippen molar-refractivity contribution in [3.8, 4) is 0 Å². The highest BCUT2D eigenvalue weighted by Gasteiger charge is 2.15. The zero-order valence-electron chi connectivity index (χ0n) is 10.1. The van der Waals surface area contributed by atoms with Crippen LogP contribution in [-0.4, -0.2) is 32.8 Å². The fraction of sp³-hybridized carbons (Fsp3) is 0.273. The van der Waals surface area contributed by atoms with E-state index in [0.29, 0.717) is 12.4 Å². The second-order valence-corrected chi connectivity index (χ2v) is 4.79. The summed E-state index contributed by atoms with van der Waals surface area (Å²) in [5.41, 5.74) is 8.43. The molecule has 0 aromatic carbocycles. The fourth-order valence-electron chi connectivity index (χ4n) is 1.41. The lowest BCUT2D eigenvalue weighted by molar-refractivity contribution is 0.0780. The van der Waals surface area contributed by atoms with Gasteiger partial charge in [0.05, 0.1) is 30.1 Å². The molecule has 0 bridgehead atoms. The standard InChI is InChI=1S/C11H13N5OS/c1-7-9(18-6-15-7)5-16(2)11(17)8-3-14-10(12)4-13-8/h3-4,6H,5H2,1-2H3,(H2,12,14). The first kappa shape index (κ1) is 12.4. The number of nitrogens with zero attached hydrogens (tertiary/aromatic N) is 4. The number of rotatable bonds is 3. The number of hydrogen-bond acceptors (Lipinski definition) is 6. The molecule has 2 rings (SSSR count).